The van der Waals surface area contributed by atoms with Gasteiger partial charge >= 0.3 is 5.97 Å². The smallest absolute Gasteiger partial charge is 0.338 e. The second-order valence-electron chi connectivity index (χ2n) is 3.67. The van der Waals surface area contributed by atoms with E-state index in [-0.39, 0.29) is 5.56 Å². The van der Waals surface area contributed by atoms with E-state index in [0.29, 0.717) is 16.5 Å². The Morgan fingerprint density at radius 1 is 1.32 bits per heavy atom. The van der Waals surface area contributed by atoms with Gasteiger partial charge < -0.3 is 9.52 Å². The number of aromatic carboxylic acids is 1. The minimum Gasteiger partial charge on any atom is -0.478 e. The summed E-state index contributed by atoms with van der Waals surface area (Å²) < 4.78 is 5.21. The number of carboxylic acid groups (broad SMARTS) is 1. The predicted octanol–water partition coefficient (Wildman–Crippen LogP) is 4.48. The number of nitrogens with zero attached hydrogens (tertiary/aromatic N) is 1. The molecule has 0 aliphatic rings. The highest BCUT2D eigenvalue weighted by molar-refractivity contribution is 7.20. The minimum atomic E-state index is -1.02. The molecular formula is C12H6ClNO3S2. The number of thiophene rings is 1. The van der Waals surface area contributed by atoms with Gasteiger partial charge in [-0.1, -0.05) is 11.6 Å². The van der Waals surface area contributed by atoms with Gasteiger partial charge in [0.2, 0.25) is 0 Å². The topological polar surface area (TPSA) is 63.3 Å². The molecule has 0 radical (unpaired) electrons. The average molecular weight is 312 g/mol. The molecule has 1 N–H and O–H groups in total. The van der Waals surface area contributed by atoms with E-state index in [9.17, 15) is 4.79 Å². The van der Waals surface area contributed by atoms with Crippen molar-refractivity contribution in [1.82, 2.24) is 4.98 Å². The SMILES string of the molecule is O=C(O)c1coc(-c2csc(-c3cc(Cl)cs3)n2)c1. The zero-order valence-corrected chi connectivity index (χ0v) is 11.7. The summed E-state index contributed by atoms with van der Waals surface area (Å²) in [5.74, 6) is -0.571. The lowest BCUT2D eigenvalue weighted by Crippen LogP contribution is -1.91. The van der Waals surface area contributed by atoms with Crippen LogP contribution in [0.2, 0.25) is 5.02 Å². The number of halogens is 1. The van der Waals surface area contributed by atoms with Crippen molar-refractivity contribution >= 4 is 40.2 Å². The number of aromatic nitrogens is 1. The molecule has 0 atom stereocenters. The first kappa shape index (κ1) is 12.4. The first-order valence-electron chi connectivity index (χ1n) is 5.15. The van der Waals surface area contributed by atoms with Crippen molar-refractivity contribution in [2.75, 3.05) is 0 Å². The van der Waals surface area contributed by atoms with Crippen LogP contribution in [0.1, 0.15) is 10.4 Å². The van der Waals surface area contributed by atoms with Crippen LogP contribution in [0, 0.1) is 0 Å². The maximum absolute atomic E-state index is 10.8. The highest BCUT2D eigenvalue weighted by Crippen LogP contribution is 2.34. The molecular weight excluding hydrogens is 306 g/mol. The summed E-state index contributed by atoms with van der Waals surface area (Å²) in [6.45, 7) is 0. The van der Waals surface area contributed by atoms with Gasteiger partial charge in [0.1, 0.15) is 17.0 Å². The molecule has 0 bridgehead atoms. The van der Waals surface area contributed by atoms with Crippen LogP contribution >= 0.6 is 34.3 Å². The van der Waals surface area contributed by atoms with Crippen molar-refractivity contribution in [1.29, 1.82) is 0 Å². The predicted molar refractivity (Wildman–Crippen MR) is 75.1 cm³/mol. The van der Waals surface area contributed by atoms with E-state index in [1.807, 2.05) is 16.8 Å². The van der Waals surface area contributed by atoms with Crippen LogP contribution in [-0.4, -0.2) is 16.1 Å². The molecule has 0 unspecified atom stereocenters. The molecule has 0 aromatic carbocycles. The van der Waals surface area contributed by atoms with Gasteiger partial charge in [-0.25, -0.2) is 9.78 Å². The van der Waals surface area contributed by atoms with Crippen molar-refractivity contribution in [3.8, 4) is 21.3 Å². The molecule has 0 spiro atoms. The maximum atomic E-state index is 10.8. The third kappa shape index (κ3) is 2.42. The number of carbonyl (C=O) groups is 1. The Morgan fingerprint density at radius 2 is 2.16 bits per heavy atom. The summed E-state index contributed by atoms with van der Waals surface area (Å²) in [6.07, 6.45) is 1.21. The first-order valence-corrected chi connectivity index (χ1v) is 7.29. The third-order valence-corrected chi connectivity index (χ3v) is 4.67. The Bertz CT molecular complexity index is 744. The molecule has 3 aromatic rings. The van der Waals surface area contributed by atoms with Crippen LogP contribution in [0.3, 0.4) is 0 Å². The largest absolute Gasteiger partial charge is 0.478 e. The molecule has 0 aliphatic heterocycles. The van der Waals surface area contributed by atoms with E-state index in [1.165, 1.54) is 35.0 Å². The second-order valence-corrected chi connectivity index (χ2v) is 5.88. The second kappa shape index (κ2) is 4.80. The van der Waals surface area contributed by atoms with E-state index >= 15 is 0 Å². The molecule has 96 valence electrons. The van der Waals surface area contributed by atoms with Gasteiger partial charge in [0.15, 0.2) is 5.76 Å². The number of carboxylic acids is 1. The Kier molecular flexibility index (Phi) is 3.14. The monoisotopic (exact) mass is 311 g/mol. The van der Waals surface area contributed by atoms with Gasteiger partial charge in [0, 0.05) is 16.8 Å². The van der Waals surface area contributed by atoms with Crippen molar-refractivity contribution in [3.05, 3.63) is 39.7 Å². The summed E-state index contributed by atoms with van der Waals surface area (Å²) >= 11 is 8.85. The summed E-state index contributed by atoms with van der Waals surface area (Å²) in [6, 6.07) is 3.31. The average Bonchev–Trinajstić information content (AvgIpc) is 3.07. The van der Waals surface area contributed by atoms with Gasteiger partial charge in [-0.3, -0.25) is 0 Å². The molecule has 0 saturated heterocycles. The number of hydrogen-bond donors (Lipinski definition) is 1. The van der Waals surface area contributed by atoms with E-state index in [1.54, 1.807) is 0 Å². The van der Waals surface area contributed by atoms with E-state index < -0.39 is 5.97 Å². The molecule has 0 amide bonds. The van der Waals surface area contributed by atoms with Crippen molar-refractivity contribution < 1.29 is 14.3 Å². The number of furan rings is 1. The van der Waals surface area contributed by atoms with Gasteiger partial charge in [-0.05, 0) is 6.07 Å². The van der Waals surface area contributed by atoms with E-state index in [0.717, 1.165) is 9.88 Å². The highest BCUT2D eigenvalue weighted by Gasteiger charge is 2.14. The van der Waals surface area contributed by atoms with Crippen LogP contribution in [0.4, 0.5) is 0 Å². The third-order valence-electron chi connectivity index (χ3n) is 2.38. The van der Waals surface area contributed by atoms with Crippen LogP contribution in [-0.2, 0) is 0 Å². The van der Waals surface area contributed by atoms with Crippen LogP contribution in [0.25, 0.3) is 21.3 Å². The highest BCUT2D eigenvalue weighted by atomic mass is 35.5. The fourth-order valence-corrected chi connectivity index (χ4v) is 3.47. The molecule has 0 aliphatic carbocycles. The van der Waals surface area contributed by atoms with Crippen LogP contribution in [0.15, 0.2) is 33.6 Å². The van der Waals surface area contributed by atoms with E-state index in [4.69, 9.17) is 21.1 Å². The molecule has 3 heterocycles. The lowest BCUT2D eigenvalue weighted by molar-refractivity contribution is 0.0696. The molecule has 7 heteroatoms. The Hall–Kier alpha value is -1.63. The van der Waals surface area contributed by atoms with Gasteiger partial charge in [0.25, 0.3) is 0 Å². The van der Waals surface area contributed by atoms with E-state index in [2.05, 4.69) is 4.98 Å². The fourth-order valence-electron chi connectivity index (χ4n) is 1.51. The van der Waals surface area contributed by atoms with Crippen molar-refractivity contribution in [2.24, 2.45) is 0 Å². The van der Waals surface area contributed by atoms with Crippen LogP contribution in [0.5, 0.6) is 0 Å². The minimum absolute atomic E-state index is 0.115. The molecule has 0 fully saturated rings. The van der Waals surface area contributed by atoms with Gasteiger partial charge in [-0.2, -0.15) is 0 Å². The summed E-state index contributed by atoms with van der Waals surface area (Å²) in [7, 11) is 0. The quantitative estimate of drug-likeness (QED) is 0.774. The van der Waals surface area contributed by atoms with Crippen molar-refractivity contribution in [2.45, 2.75) is 0 Å². The molecule has 0 saturated carbocycles. The summed E-state index contributed by atoms with van der Waals surface area (Å²) in [5.41, 5.74) is 0.737. The fraction of sp³-hybridized carbons (Fsp3) is 0. The standard InChI is InChI=1S/C12H6ClNO3S2/c13-7-2-10(18-4-7)11-14-8(5-19-11)9-1-6(3-17-9)12(15)16/h1-5H,(H,15,16). The Labute approximate surface area is 120 Å². The van der Waals surface area contributed by atoms with Gasteiger partial charge in [-0.15, -0.1) is 22.7 Å². The molecule has 3 rings (SSSR count). The van der Waals surface area contributed by atoms with Gasteiger partial charge in [0.05, 0.1) is 15.5 Å². The zero-order valence-electron chi connectivity index (χ0n) is 9.29. The van der Waals surface area contributed by atoms with Crippen LogP contribution < -0.4 is 0 Å². The Morgan fingerprint density at radius 3 is 2.79 bits per heavy atom. The molecule has 19 heavy (non-hydrogen) atoms. The maximum Gasteiger partial charge on any atom is 0.338 e. The lowest BCUT2D eigenvalue weighted by atomic mass is 10.3. The molecule has 3 aromatic heterocycles. The molecule has 4 nitrogen and oxygen atoms in total. The number of hydrogen-bond acceptors (Lipinski definition) is 5. The number of rotatable bonds is 3. The van der Waals surface area contributed by atoms with Crippen molar-refractivity contribution in [3.63, 3.8) is 0 Å². The summed E-state index contributed by atoms with van der Waals surface area (Å²) in [5, 5.41) is 14.0. The normalized spacial score (nSPS) is 10.8. The summed E-state index contributed by atoms with van der Waals surface area (Å²) in [4.78, 5) is 16.2. The Balaban J connectivity index is 1.94. The number of thiazole rings is 1. The zero-order chi connectivity index (χ0) is 13.4. The lowest BCUT2D eigenvalue weighted by Gasteiger charge is -1.88. The first-order chi connectivity index (χ1) is 9.13.